The molecule has 1 aromatic heterocycles. The number of aromatic amines is 1. The van der Waals surface area contributed by atoms with Crippen molar-refractivity contribution in [3.05, 3.63) is 70.1 Å². The molecule has 3 aromatic rings. The molecule has 0 fully saturated rings. The van der Waals surface area contributed by atoms with Crippen LogP contribution in [0.15, 0.2) is 58.4 Å². The Kier molecular flexibility index (Phi) is 7.71. The van der Waals surface area contributed by atoms with Gasteiger partial charge >= 0.3 is 0 Å². The predicted octanol–water partition coefficient (Wildman–Crippen LogP) is 3.58. The molecule has 0 radical (unpaired) electrons. The van der Waals surface area contributed by atoms with Gasteiger partial charge in [-0.1, -0.05) is 31.9 Å². The lowest BCUT2D eigenvalue weighted by atomic mass is 10.2. The molecule has 7 nitrogen and oxygen atoms in total. The zero-order valence-corrected chi connectivity index (χ0v) is 17.1. The van der Waals surface area contributed by atoms with E-state index in [9.17, 15) is 9.59 Å². The second-order valence-electron chi connectivity index (χ2n) is 6.95. The number of H-pyrrole nitrogens is 1. The zero-order valence-electron chi connectivity index (χ0n) is 17.1. The summed E-state index contributed by atoms with van der Waals surface area (Å²) >= 11 is 0. The molecule has 0 unspecified atom stereocenters. The van der Waals surface area contributed by atoms with Crippen molar-refractivity contribution in [2.24, 2.45) is 5.10 Å². The number of unbranched alkanes of at least 4 members (excludes halogenated alkanes) is 2. The number of fused-ring (bicyclic) bond motifs is 1. The topological polar surface area (TPSA) is 96.4 Å². The maximum absolute atomic E-state index is 12.1. The van der Waals surface area contributed by atoms with Crippen molar-refractivity contribution in [1.82, 2.24) is 15.4 Å². The van der Waals surface area contributed by atoms with Gasteiger partial charge in [0.25, 0.3) is 5.56 Å². The summed E-state index contributed by atoms with van der Waals surface area (Å²) < 4.78 is 5.67. The number of ether oxygens (including phenoxy) is 1. The van der Waals surface area contributed by atoms with E-state index in [1.54, 1.807) is 12.3 Å². The third-order valence-electron chi connectivity index (χ3n) is 4.56. The molecule has 2 aromatic carbocycles. The fraction of sp³-hybridized carbons (Fsp3) is 0.304. The van der Waals surface area contributed by atoms with E-state index in [1.807, 2.05) is 42.5 Å². The van der Waals surface area contributed by atoms with Crippen LogP contribution < -0.4 is 15.7 Å². The van der Waals surface area contributed by atoms with E-state index in [2.05, 4.69) is 27.4 Å². The normalized spacial score (nSPS) is 11.1. The summed E-state index contributed by atoms with van der Waals surface area (Å²) in [6.07, 6.45) is 5.31. The minimum absolute atomic E-state index is 0.121. The second-order valence-corrected chi connectivity index (χ2v) is 6.95. The fourth-order valence-electron chi connectivity index (χ4n) is 2.90. The van der Waals surface area contributed by atoms with Gasteiger partial charge in [0, 0.05) is 12.8 Å². The van der Waals surface area contributed by atoms with Gasteiger partial charge in [0.2, 0.25) is 5.91 Å². The molecule has 1 amide bonds. The lowest BCUT2D eigenvalue weighted by molar-refractivity contribution is -0.121. The first-order valence-electron chi connectivity index (χ1n) is 10.2. The summed E-state index contributed by atoms with van der Waals surface area (Å²) in [4.78, 5) is 31.2. The van der Waals surface area contributed by atoms with Gasteiger partial charge in [-0.25, -0.2) is 10.4 Å². The van der Waals surface area contributed by atoms with Crippen molar-refractivity contribution in [3.8, 4) is 5.75 Å². The first kappa shape index (κ1) is 21.2. The van der Waals surface area contributed by atoms with Crippen LogP contribution in [0.2, 0.25) is 0 Å². The summed E-state index contributed by atoms with van der Waals surface area (Å²) in [5.41, 5.74) is 4.77. The first-order valence-corrected chi connectivity index (χ1v) is 10.2. The Bertz CT molecular complexity index is 1060. The number of nitrogens with zero attached hydrogens (tertiary/aromatic N) is 2. The van der Waals surface area contributed by atoms with Crippen molar-refractivity contribution in [2.45, 2.75) is 39.0 Å². The molecule has 3 rings (SSSR count). The van der Waals surface area contributed by atoms with Crippen LogP contribution in [0.3, 0.4) is 0 Å². The van der Waals surface area contributed by atoms with Gasteiger partial charge in [-0.15, -0.1) is 0 Å². The lowest BCUT2D eigenvalue weighted by Crippen LogP contribution is -2.21. The third kappa shape index (κ3) is 6.27. The Hall–Kier alpha value is -3.48. The highest BCUT2D eigenvalue weighted by Gasteiger charge is 2.07. The number of hydrogen-bond donors (Lipinski definition) is 2. The van der Waals surface area contributed by atoms with Crippen LogP contribution in [-0.2, 0) is 11.2 Å². The van der Waals surface area contributed by atoms with E-state index in [1.165, 1.54) is 6.42 Å². The Balaban J connectivity index is 1.46. The van der Waals surface area contributed by atoms with E-state index in [4.69, 9.17) is 4.74 Å². The number of aromatic nitrogens is 2. The predicted molar refractivity (Wildman–Crippen MR) is 118 cm³/mol. The van der Waals surface area contributed by atoms with Gasteiger partial charge in [0.15, 0.2) is 0 Å². The molecule has 30 heavy (non-hydrogen) atoms. The van der Waals surface area contributed by atoms with Crippen LogP contribution in [0.4, 0.5) is 0 Å². The Morgan fingerprint density at radius 1 is 1.17 bits per heavy atom. The van der Waals surface area contributed by atoms with Gasteiger partial charge in [0.05, 0.1) is 23.9 Å². The molecule has 0 saturated carbocycles. The summed E-state index contributed by atoms with van der Waals surface area (Å²) in [6, 6.07) is 14.8. The molecule has 2 N–H and O–H groups in total. The maximum atomic E-state index is 12.1. The number of rotatable bonds is 10. The van der Waals surface area contributed by atoms with E-state index in [-0.39, 0.29) is 24.3 Å². The molecule has 0 aliphatic rings. The monoisotopic (exact) mass is 406 g/mol. The quantitative estimate of drug-likeness (QED) is 0.306. The number of carbonyl (C=O) groups is 1. The largest absolute Gasteiger partial charge is 0.494 e. The Labute approximate surface area is 175 Å². The molecule has 0 bridgehead atoms. The van der Waals surface area contributed by atoms with Crippen molar-refractivity contribution < 1.29 is 9.53 Å². The maximum Gasteiger partial charge on any atom is 0.270 e. The van der Waals surface area contributed by atoms with Gasteiger partial charge in [-0.2, -0.15) is 5.10 Å². The highest BCUT2D eigenvalue weighted by molar-refractivity contribution is 5.82. The van der Waals surface area contributed by atoms with E-state index >= 15 is 0 Å². The number of hydrogen-bond acceptors (Lipinski definition) is 5. The molecule has 7 heteroatoms. The standard InChI is InChI=1S/C23H26N4O3/c1-2-3-6-15-30-18-11-9-17(10-12-18)16-24-27-22(28)14-13-21-23(29)26-20-8-5-4-7-19(20)25-21/h4-5,7-12,16H,2-3,6,13-15H2,1H3,(H,26,29)(H,27,28)/b24-16-. The summed E-state index contributed by atoms with van der Waals surface area (Å²) in [7, 11) is 0. The number of para-hydroxylation sites is 2. The number of hydrazone groups is 1. The van der Waals surface area contributed by atoms with Crippen LogP contribution >= 0.6 is 0 Å². The fourth-order valence-corrected chi connectivity index (χ4v) is 2.90. The number of nitrogens with one attached hydrogen (secondary N) is 2. The third-order valence-corrected chi connectivity index (χ3v) is 4.56. The number of aryl methyl sites for hydroxylation is 1. The van der Waals surface area contributed by atoms with Gasteiger partial charge in [-0.3, -0.25) is 9.59 Å². The molecule has 156 valence electrons. The second kappa shape index (κ2) is 10.9. The molecular weight excluding hydrogens is 380 g/mol. The highest BCUT2D eigenvalue weighted by Crippen LogP contribution is 2.12. The SMILES string of the molecule is CCCCCOc1ccc(/C=N\NC(=O)CCc2nc3ccccc3[nH]c2=O)cc1. The molecule has 0 aliphatic carbocycles. The van der Waals surface area contributed by atoms with Crippen molar-refractivity contribution in [2.75, 3.05) is 6.61 Å². The lowest BCUT2D eigenvalue weighted by Gasteiger charge is -2.05. The smallest absolute Gasteiger partial charge is 0.270 e. The van der Waals surface area contributed by atoms with Crippen LogP contribution in [0.1, 0.15) is 43.9 Å². The van der Waals surface area contributed by atoms with Gasteiger partial charge in [0.1, 0.15) is 11.4 Å². The molecule has 1 heterocycles. The van der Waals surface area contributed by atoms with E-state index < -0.39 is 0 Å². The van der Waals surface area contributed by atoms with E-state index in [0.29, 0.717) is 23.3 Å². The Morgan fingerprint density at radius 2 is 1.97 bits per heavy atom. The minimum atomic E-state index is -0.281. The average molecular weight is 406 g/mol. The minimum Gasteiger partial charge on any atom is -0.494 e. The molecule has 0 saturated heterocycles. The van der Waals surface area contributed by atoms with Crippen LogP contribution in [-0.4, -0.2) is 28.7 Å². The first-order chi connectivity index (χ1) is 14.7. The average Bonchev–Trinajstić information content (AvgIpc) is 2.76. The molecule has 0 atom stereocenters. The van der Waals surface area contributed by atoms with Crippen molar-refractivity contribution in [1.29, 1.82) is 0 Å². The van der Waals surface area contributed by atoms with Crippen LogP contribution in [0.5, 0.6) is 5.75 Å². The highest BCUT2D eigenvalue weighted by atomic mass is 16.5. The van der Waals surface area contributed by atoms with Crippen molar-refractivity contribution >= 4 is 23.2 Å². The Morgan fingerprint density at radius 3 is 2.77 bits per heavy atom. The zero-order chi connectivity index (χ0) is 21.2. The van der Waals surface area contributed by atoms with E-state index in [0.717, 1.165) is 24.2 Å². The number of benzene rings is 2. The summed E-state index contributed by atoms with van der Waals surface area (Å²) in [6.45, 7) is 2.87. The van der Waals surface area contributed by atoms with Gasteiger partial charge < -0.3 is 9.72 Å². The molecular formula is C23H26N4O3. The van der Waals surface area contributed by atoms with Crippen molar-refractivity contribution in [3.63, 3.8) is 0 Å². The van der Waals surface area contributed by atoms with Crippen LogP contribution in [0.25, 0.3) is 11.0 Å². The molecule has 0 aliphatic heterocycles. The van der Waals surface area contributed by atoms with Gasteiger partial charge in [-0.05, 0) is 48.4 Å². The molecule has 0 spiro atoms. The number of amides is 1. The summed E-state index contributed by atoms with van der Waals surface area (Å²) in [5.74, 6) is 0.539. The number of carbonyl (C=O) groups excluding carboxylic acids is 1. The van der Waals surface area contributed by atoms with Crippen LogP contribution in [0, 0.1) is 0 Å². The summed E-state index contributed by atoms with van der Waals surface area (Å²) in [5, 5.41) is 3.97.